The zero-order valence-corrected chi connectivity index (χ0v) is 16.7. The minimum atomic E-state index is -0.596. The van der Waals surface area contributed by atoms with E-state index in [9.17, 15) is 14.0 Å². The van der Waals surface area contributed by atoms with E-state index in [1.54, 1.807) is 0 Å². The number of nitrogens with one attached hydrogen (secondary N) is 3. The third kappa shape index (κ3) is 4.20. The van der Waals surface area contributed by atoms with Gasteiger partial charge in [0, 0.05) is 29.7 Å². The Kier molecular flexibility index (Phi) is 5.44. The van der Waals surface area contributed by atoms with Crippen LogP contribution in [-0.4, -0.2) is 53.8 Å². The van der Waals surface area contributed by atoms with Crippen LogP contribution in [0.2, 0.25) is 5.02 Å². The molecular formula is C20H25ClFN3O4. The highest BCUT2D eigenvalue weighted by atomic mass is 35.5. The second-order valence-corrected chi connectivity index (χ2v) is 8.96. The number of ether oxygens (including phenoxy) is 1. The zero-order chi connectivity index (χ0) is 20.6. The number of benzene rings is 1. The van der Waals surface area contributed by atoms with Gasteiger partial charge in [-0.2, -0.15) is 0 Å². The van der Waals surface area contributed by atoms with Crippen molar-refractivity contribution in [3.8, 4) is 5.75 Å². The summed E-state index contributed by atoms with van der Waals surface area (Å²) in [6.07, 6.45) is 3.70. The molecule has 2 bridgehead atoms. The van der Waals surface area contributed by atoms with Crippen LogP contribution < -0.4 is 20.7 Å². The molecule has 0 spiro atoms. The summed E-state index contributed by atoms with van der Waals surface area (Å²) in [7, 11) is 0. The van der Waals surface area contributed by atoms with Gasteiger partial charge in [0.05, 0.1) is 17.5 Å². The summed E-state index contributed by atoms with van der Waals surface area (Å²) in [5, 5.41) is 18.5. The van der Waals surface area contributed by atoms with Gasteiger partial charge in [0.25, 0.3) is 5.91 Å². The molecule has 1 heterocycles. The first-order valence-electron chi connectivity index (χ1n) is 9.87. The van der Waals surface area contributed by atoms with E-state index in [1.165, 1.54) is 12.1 Å². The number of aliphatic hydroxyl groups is 1. The van der Waals surface area contributed by atoms with E-state index in [0.29, 0.717) is 25.8 Å². The third-order valence-corrected chi connectivity index (χ3v) is 6.50. The second kappa shape index (κ2) is 7.74. The van der Waals surface area contributed by atoms with Gasteiger partial charge < -0.3 is 25.8 Å². The first kappa shape index (κ1) is 20.4. The van der Waals surface area contributed by atoms with Crippen molar-refractivity contribution in [1.82, 2.24) is 16.0 Å². The van der Waals surface area contributed by atoms with Crippen molar-refractivity contribution in [2.75, 3.05) is 19.8 Å². The lowest BCUT2D eigenvalue weighted by molar-refractivity contribution is -0.152. The number of hydrogen-bond donors (Lipinski definition) is 4. The molecule has 1 aromatic carbocycles. The predicted molar refractivity (Wildman–Crippen MR) is 104 cm³/mol. The molecule has 1 aliphatic heterocycles. The Hall–Kier alpha value is -1.90. The Bertz CT molecular complexity index is 793. The van der Waals surface area contributed by atoms with Gasteiger partial charge >= 0.3 is 0 Å². The molecule has 2 unspecified atom stereocenters. The molecule has 158 valence electrons. The summed E-state index contributed by atoms with van der Waals surface area (Å²) in [6, 6.07) is 4.11. The number of piperidine rings is 1. The quantitative estimate of drug-likeness (QED) is 0.524. The van der Waals surface area contributed by atoms with Crippen LogP contribution in [0.15, 0.2) is 18.2 Å². The average Bonchev–Trinajstić information content (AvgIpc) is 2.66. The molecule has 3 saturated carbocycles. The summed E-state index contributed by atoms with van der Waals surface area (Å²) < 4.78 is 18.7. The van der Waals surface area contributed by atoms with E-state index in [2.05, 4.69) is 16.0 Å². The van der Waals surface area contributed by atoms with E-state index in [0.717, 1.165) is 18.9 Å². The maximum atomic E-state index is 13.4. The van der Waals surface area contributed by atoms with Gasteiger partial charge in [-0.3, -0.25) is 9.59 Å². The molecule has 0 radical (unpaired) electrons. The molecule has 0 aromatic heterocycles. The lowest BCUT2D eigenvalue weighted by atomic mass is 9.44. The Balaban J connectivity index is 1.18. The molecule has 4 fully saturated rings. The number of aliphatic hydroxyl groups excluding tert-OH is 1. The molecule has 4 aliphatic rings. The van der Waals surface area contributed by atoms with Crippen LogP contribution in [0, 0.1) is 11.7 Å². The summed E-state index contributed by atoms with van der Waals surface area (Å²) in [5.74, 6) is -0.659. The fourth-order valence-corrected chi connectivity index (χ4v) is 4.88. The first-order chi connectivity index (χ1) is 13.8. The minimum absolute atomic E-state index is 0.000218. The number of carbonyl (C=O) groups is 2. The standard InChI is InChI=1S/C20H25ClFN3O4/c21-15-4-3-14(5-16(15)22)29-8-17(27)24-19-9-20(10-19,11-19)25-18(28)12-1-2-13(7-26)23-6-12/h3-5,12-13,23,26H,1-2,6-11H2,(H,24,27)(H,25,28). The Morgan fingerprint density at radius 1 is 1.24 bits per heavy atom. The zero-order valence-electron chi connectivity index (χ0n) is 16.0. The van der Waals surface area contributed by atoms with Gasteiger partial charge in [-0.25, -0.2) is 4.39 Å². The van der Waals surface area contributed by atoms with Crippen LogP contribution >= 0.6 is 11.6 Å². The maximum absolute atomic E-state index is 13.4. The number of halogens is 2. The largest absolute Gasteiger partial charge is 0.484 e. The minimum Gasteiger partial charge on any atom is -0.484 e. The highest BCUT2D eigenvalue weighted by molar-refractivity contribution is 6.30. The normalized spacial score (nSPS) is 32.5. The molecule has 2 atom stereocenters. The molecule has 2 amide bonds. The SMILES string of the molecule is O=C(COc1ccc(Cl)c(F)c1)NC12CC(NC(=O)C3CCC(CO)NC3)(C1)C2. The smallest absolute Gasteiger partial charge is 0.258 e. The molecule has 1 saturated heterocycles. The van der Waals surface area contributed by atoms with Gasteiger partial charge in [0.15, 0.2) is 6.61 Å². The fraction of sp³-hybridized carbons (Fsp3) is 0.600. The monoisotopic (exact) mass is 425 g/mol. The van der Waals surface area contributed by atoms with Crippen molar-refractivity contribution >= 4 is 23.4 Å². The van der Waals surface area contributed by atoms with Crippen molar-refractivity contribution in [1.29, 1.82) is 0 Å². The van der Waals surface area contributed by atoms with Crippen LogP contribution in [0.4, 0.5) is 4.39 Å². The van der Waals surface area contributed by atoms with Crippen molar-refractivity contribution < 1.29 is 23.8 Å². The highest BCUT2D eigenvalue weighted by Gasteiger charge is 2.69. The van der Waals surface area contributed by atoms with Gasteiger partial charge in [0.1, 0.15) is 11.6 Å². The Morgan fingerprint density at radius 3 is 2.59 bits per heavy atom. The maximum Gasteiger partial charge on any atom is 0.258 e. The molecule has 1 aromatic rings. The molecular weight excluding hydrogens is 401 g/mol. The molecule has 3 aliphatic carbocycles. The lowest BCUT2D eigenvalue weighted by Crippen LogP contribution is -2.84. The molecule has 9 heteroatoms. The van der Waals surface area contributed by atoms with Crippen LogP contribution in [-0.2, 0) is 9.59 Å². The molecule has 29 heavy (non-hydrogen) atoms. The first-order valence-corrected chi connectivity index (χ1v) is 10.3. The molecule has 5 rings (SSSR count). The van der Waals surface area contributed by atoms with E-state index in [-0.39, 0.29) is 58.8 Å². The topological polar surface area (TPSA) is 99.7 Å². The number of rotatable bonds is 7. The third-order valence-electron chi connectivity index (χ3n) is 6.19. The van der Waals surface area contributed by atoms with Crippen molar-refractivity contribution in [2.45, 2.75) is 49.2 Å². The number of carbonyl (C=O) groups excluding carboxylic acids is 2. The van der Waals surface area contributed by atoms with E-state index < -0.39 is 5.82 Å². The Morgan fingerprint density at radius 2 is 1.97 bits per heavy atom. The van der Waals surface area contributed by atoms with Crippen molar-refractivity contribution in [3.63, 3.8) is 0 Å². The van der Waals surface area contributed by atoms with E-state index in [4.69, 9.17) is 21.4 Å². The summed E-state index contributed by atoms with van der Waals surface area (Å²) in [6.45, 7) is 0.469. The van der Waals surface area contributed by atoms with Crippen LogP contribution in [0.1, 0.15) is 32.1 Å². The summed E-state index contributed by atoms with van der Waals surface area (Å²) >= 11 is 5.62. The lowest BCUT2D eigenvalue weighted by Gasteiger charge is -2.70. The van der Waals surface area contributed by atoms with E-state index >= 15 is 0 Å². The number of amides is 2. The van der Waals surface area contributed by atoms with E-state index in [1.807, 2.05) is 0 Å². The Labute approximate surface area is 173 Å². The fourth-order valence-electron chi connectivity index (χ4n) is 4.76. The second-order valence-electron chi connectivity index (χ2n) is 8.56. The van der Waals surface area contributed by atoms with Crippen LogP contribution in [0.25, 0.3) is 0 Å². The van der Waals surface area contributed by atoms with Crippen molar-refractivity contribution in [3.05, 3.63) is 29.0 Å². The van der Waals surface area contributed by atoms with Gasteiger partial charge in [0.2, 0.25) is 5.91 Å². The van der Waals surface area contributed by atoms with Crippen LogP contribution in [0.3, 0.4) is 0 Å². The molecule has 4 N–H and O–H groups in total. The van der Waals surface area contributed by atoms with Crippen LogP contribution in [0.5, 0.6) is 5.75 Å². The predicted octanol–water partition coefficient (Wildman–Crippen LogP) is 1.13. The average molecular weight is 426 g/mol. The highest BCUT2D eigenvalue weighted by Crippen LogP contribution is 2.60. The number of hydrogen-bond acceptors (Lipinski definition) is 5. The van der Waals surface area contributed by atoms with Gasteiger partial charge in [-0.05, 0) is 44.2 Å². The summed E-state index contributed by atoms with van der Waals surface area (Å²) in [5.41, 5.74) is -0.482. The van der Waals surface area contributed by atoms with Gasteiger partial charge in [-0.1, -0.05) is 11.6 Å². The van der Waals surface area contributed by atoms with Crippen molar-refractivity contribution in [2.24, 2.45) is 5.92 Å². The van der Waals surface area contributed by atoms with Gasteiger partial charge in [-0.15, -0.1) is 0 Å². The molecule has 7 nitrogen and oxygen atoms in total. The summed E-state index contributed by atoms with van der Waals surface area (Å²) in [4.78, 5) is 24.7.